The quantitative estimate of drug-likeness (QED) is 0.464. The summed E-state index contributed by atoms with van der Waals surface area (Å²) in [5.41, 5.74) is 0.829. The fourth-order valence-corrected chi connectivity index (χ4v) is 8.16. The first-order valence-electron chi connectivity index (χ1n) is 11.2. The molecule has 0 radical (unpaired) electrons. The summed E-state index contributed by atoms with van der Waals surface area (Å²) in [6.45, 7) is 2.84. The first-order chi connectivity index (χ1) is 16.4. The molecule has 34 heavy (non-hydrogen) atoms. The summed E-state index contributed by atoms with van der Waals surface area (Å²) in [5, 5.41) is 3.13. The van der Waals surface area contributed by atoms with Gasteiger partial charge in [-0.15, -0.1) is 0 Å². The Kier molecular flexibility index (Phi) is 6.23. The average molecular weight is 530 g/mol. The molecule has 0 spiro atoms. The van der Waals surface area contributed by atoms with E-state index in [1.807, 2.05) is 48.5 Å². The number of carbonyl (C=O) groups is 3. The van der Waals surface area contributed by atoms with Crippen molar-refractivity contribution in [1.29, 1.82) is 0 Å². The van der Waals surface area contributed by atoms with Gasteiger partial charge in [0.05, 0.1) is 0 Å². The second kappa shape index (κ2) is 9.31. The van der Waals surface area contributed by atoms with Gasteiger partial charge in [0.15, 0.2) is 0 Å². The van der Waals surface area contributed by atoms with E-state index in [9.17, 15) is 14.4 Å². The second-order valence-corrected chi connectivity index (χ2v) is 11.3. The number of amides is 1. The summed E-state index contributed by atoms with van der Waals surface area (Å²) < 4.78 is 23.9. The van der Waals surface area contributed by atoms with E-state index in [2.05, 4.69) is 5.32 Å². The topological polar surface area (TPSA) is 100 Å². The Labute approximate surface area is 203 Å². The second-order valence-electron chi connectivity index (χ2n) is 8.64. The third kappa shape index (κ3) is 4.38. The third-order valence-corrected chi connectivity index (χ3v) is 9.43. The molecule has 0 unspecified atom stereocenters. The number of esters is 2. The molecular formula is C25H25NO7Se. The Balaban J connectivity index is 1.60. The maximum atomic E-state index is 12.7. The molecule has 2 aromatic rings. The zero-order valence-corrected chi connectivity index (χ0v) is 20.5. The van der Waals surface area contributed by atoms with Crippen molar-refractivity contribution in [2.45, 2.75) is 49.3 Å². The molecule has 5 rings (SSSR count). The minimum atomic E-state index is -0.767. The molecule has 1 aliphatic carbocycles. The number of hydrogen-bond donors (Lipinski definition) is 1. The summed E-state index contributed by atoms with van der Waals surface area (Å²) in [4.78, 5) is 37.0. The SMILES string of the molecule is CC(=O)O[C@@H]1[C@@H](OC(C)=O)[C@@H](c2ccc3c(c2)OCO3)[C@@H]2NC(=O)C[C@@H]2[C@H]1[Se]c1ccccc1. The van der Waals surface area contributed by atoms with Gasteiger partial charge in [-0.25, -0.2) is 0 Å². The van der Waals surface area contributed by atoms with Crippen LogP contribution in [0.15, 0.2) is 48.5 Å². The zero-order chi connectivity index (χ0) is 23.8. The fourth-order valence-electron chi connectivity index (χ4n) is 5.19. The first-order valence-corrected chi connectivity index (χ1v) is 13.0. The van der Waals surface area contributed by atoms with Gasteiger partial charge in [-0.3, -0.25) is 0 Å². The molecule has 2 heterocycles. The third-order valence-electron chi connectivity index (χ3n) is 6.42. The summed E-state index contributed by atoms with van der Waals surface area (Å²) >= 11 is -0.130. The standard InChI is InChI=1S/C25H25NO7Se/c1-13(27)32-23-21(15-8-9-18-19(10-15)31-12-30-18)22-17(11-20(29)26-22)25(24(23)33-14(2)28)34-16-6-4-3-5-7-16/h3-10,17,21-25H,11-12H2,1-2H3,(H,26,29)/t17-,21-,22+,23-,24+,25+/m0/s1. The van der Waals surface area contributed by atoms with Gasteiger partial charge in [-0.2, -0.15) is 0 Å². The number of nitrogens with one attached hydrogen (secondary N) is 1. The van der Waals surface area contributed by atoms with Crippen LogP contribution in [0.1, 0.15) is 31.7 Å². The minimum absolute atomic E-state index is 0.0559. The van der Waals surface area contributed by atoms with Crippen molar-refractivity contribution in [2.75, 3.05) is 6.79 Å². The van der Waals surface area contributed by atoms with E-state index in [1.54, 1.807) is 0 Å². The zero-order valence-electron chi connectivity index (χ0n) is 18.8. The molecule has 9 heteroatoms. The van der Waals surface area contributed by atoms with Gasteiger partial charge in [-0.1, -0.05) is 0 Å². The molecule has 2 fully saturated rings. The molecule has 1 N–H and O–H groups in total. The number of fused-ring (bicyclic) bond motifs is 2. The van der Waals surface area contributed by atoms with Crippen LogP contribution in [0.25, 0.3) is 0 Å². The summed E-state index contributed by atoms with van der Waals surface area (Å²) in [6.07, 6.45) is -1.13. The number of carbonyl (C=O) groups excluding carboxylic acids is 3. The molecule has 1 saturated heterocycles. The molecule has 0 aromatic heterocycles. The maximum absolute atomic E-state index is 12.7. The van der Waals surface area contributed by atoms with Gasteiger partial charge in [0, 0.05) is 0 Å². The predicted molar refractivity (Wildman–Crippen MR) is 122 cm³/mol. The molecule has 178 valence electrons. The van der Waals surface area contributed by atoms with Crippen LogP contribution in [0.3, 0.4) is 0 Å². The Morgan fingerprint density at radius 1 is 0.971 bits per heavy atom. The Hall–Kier alpha value is -3.03. The Morgan fingerprint density at radius 2 is 1.68 bits per heavy atom. The number of hydrogen-bond acceptors (Lipinski definition) is 7. The van der Waals surface area contributed by atoms with Crippen LogP contribution in [0, 0.1) is 5.92 Å². The molecule has 1 saturated carbocycles. The van der Waals surface area contributed by atoms with Crippen molar-refractivity contribution >= 4 is 37.3 Å². The van der Waals surface area contributed by atoms with Crippen LogP contribution >= 0.6 is 0 Å². The van der Waals surface area contributed by atoms with Gasteiger partial charge in [-0.05, 0) is 0 Å². The van der Waals surface area contributed by atoms with Gasteiger partial charge < -0.3 is 0 Å². The molecular weight excluding hydrogens is 505 g/mol. The first kappa shape index (κ1) is 22.7. The van der Waals surface area contributed by atoms with Crippen LogP contribution in [-0.2, 0) is 23.9 Å². The van der Waals surface area contributed by atoms with Crippen LogP contribution < -0.4 is 19.3 Å². The van der Waals surface area contributed by atoms with E-state index in [-0.39, 0.29) is 44.4 Å². The van der Waals surface area contributed by atoms with Crippen molar-refractivity contribution < 1.29 is 33.3 Å². The van der Waals surface area contributed by atoms with Gasteiger partial charge in [0.25, 0.3) is 0 Å². The van der Waals surface area contributed by atoms with E-state index in [0.29, 0.717) is 17.9 Å². The summed E-state index contributed by atoms with van der Waals surface area (Å²) in [6, 6.07) is 15.2. The van der Waals surface area contributed by atoms with Crippen molar-refractivity contribution in [3.63, 3.8) is 0 Å². The van der Waals surface area contributed by atoms with E-state index < -0.39 is 30.1 Å². The summed E-state index contributed by atoms with van der Waals surface area (Å²) in [5.74, 6) is -0.240. The van der Waals surface area contributed by atoms with Gasteiger partial charge >= 0.3 is 203 Å². The molecule has 2 aliphatic heterocycles. The molecule has 3 aliphatic rings. The number of rotatable bonds is 5. The van der Waals surface area contributed by atoms with Crippen LogP contribution in [0.2, 0.25) is 4.82 Å². The van der Waals surface area contributed by atoms with Crippen molar-refractivity contribution in [1.82, 2.24) is 5.32 Å². The van der Waals surface area contributed by atoms with Crippen molar-refractivity contribution in [2.24, 2.45) is 5.92 Å². The molecule has 6 atom stereocenters. The van der Waals surface area contributed by atoms with Gasteiger partial charge in [0.2, 0.25) is 0 Å². The van der Waals surface area contributed by atoms with E-state index in [4.69, 9.17) is 18.9 Å². The van der Waals surface area contributed by atoms with Crippen LogP contribution in [-0.4, -0.2) is 57.8 Å². The fraction of sp³-hybridized carbons (Fsp3) is 0.400. The Morgan fingerprint density at radius 3 is 2.41 bits per heavy atom. The monoisotopic (exact) mass is 531 g/mol. The van der Waals surface area contributed by atoms with E-state index in [1.165, 1.54) is 13.8 Å². The van der Waals surface area contributed by atoms with Crippen molar-refractivity contribution in [3.8, 4) is 11.5 Å². The molecule has 2 aromatic carbocycles. The molecule has 0 bridgehead atoms. The van der Waals surface area contributed by atoms with Crippen molar-refractivity contribution in [3.05, 3.63) is 54.1 Å². The van der Waals surface area contributed by atoms with E-state index in [0.717, 1.165) is 10.0 Å². The Bertz CT molecular complexity index is 1110. The molecule has 1 amide bonds. The number of benzene rings is 2. The van der Waals surface area contributed by atoms with Gasteiger partial charge in [0.1, 0.15) is 0 Å². The molecule has 8 nitrogen and oxygen atoms in total. The predicted octanol–water partition coefficient (Wildman–Crippen LogP) is 1.70. The van der Waals surface area contributed by atoms with Crippen LogP contribution in [0.4, 0.5) is 0 Å². The van der Waals surface area contributed by atoms with E-state index >= 15 is 0 Å². The number of ether oxygens (including phenoxy) is 4. The normalized spacial score (nSPS) is 29.2. The average Bonchev–Trinajstić information content (AvgIpc) is 3.42. The summed E-state index contributed by atoms with van der Waals surface area (Å²) in [7, 11) is 0. The van der Waals surface area contributed by atoms with Crippen LogP contribution in [0.5, 0.6) is 11.5 Å².